The van der Waals surface area contributed by atoms with Gasteiger partial charge in [0.05, 0.1) is 0 Å². The zero-order valence-electron chi connectivity index (χ0n) is 9.69. The van der Waals surface area contributed by atoms with Crippen molar-refractivity contribution in [3.8, 4) is 0 Å². The highest BCUT2D eigenvalue weighted by Crippen LogP contribution is 2.31. The van der Waals surface area contributed by atoms with E-state index in [9.17, 15) is 0 Å². The van der Waals surface area contributed by atoms with Gasteiger partial charge in [0.15, 0.2) is 5.16 Å². The minimum Gasteiger partial charge on any atom is -0.310 e. The largest absolute Gasteiger partial charge is 0.310 e. The van der Waals surface area contributed by atoms with Crippen LogP contribution in [0.4, 0.5) is 0 Å². The number of aromatic nitrogens is 3. The topological polar surface area (TPSA) is 53.6 Å². The zero-order chi connectivity index (χ0) is 12.4. The Kier molecular flexibility index (Phi) is 3.67. The number of H-pyrrole nitrogens is 1. The highest BCUT2D eigenvalue weighted by Gasteiger charge is 2.20. The van der Waals surface area contributed by atoms with Gasteiger partial charge in [0.25, 0.3) is 0 Å². The molecule has 6 heteroatoms. The van der Waals surface area contributed by atoms with E-state index in [1.165, 1.54) is 29.6 Å². The van der Waals surface area contributed by atoms with Crippen LogP contribution in [0, 0.1) is 0 Å². The maximum atomic E-state index is 4.15. The average Bonchev–Trinajstić information content (AvgIpc) is 3.05. The molecule has 1 heterocycles. The summed E-state index contributed by atoms with van der Waals surface area (Å²) in [6, 6.07) is 7.07. The van der Waals surface area contributed by atoms with Gasteiger partial charge in [0.1, 0.15) is 6.33 Å². The summed E-state index contributed by atoms with van der Waals surface area (Å²) in [4.78, 5) is 5.35. The van der Waals surface area contributed by atoms with Crippen LogP contribution in [0.25, 0.3) is 0 Å². The lowest BCUT2D eigenvalue weighted by molar-refractivity contribution is 0.680. The standard InChI is InChI=1S/C12H13BrN4S/c13-9-2-1-8(6-14-10-3-4-10)11(5-9)18-12-15-7-16-17-12/h1-2,5,7,10,14H,3-4,6H2,(H,15,16,17). The Morgan fingerprint density at radius 3 is 3.06 bits per heavy atom. The molecule has 1 aliphatic rings. The smallest absolute Gasteiger partial charge is 0.188 e. The second-order valence-electron chi connectivity index (χ2n) is 4.30. The molecule has 0 amide bonds. The number of hydrogen-bond donors (Lipinski definition) is 2. The van der Waals surface area contributed by atoms with Crippen LogP contribution in [0.15, 0.2) is 39.1 Å². The van der Waals surface area contributed by atoms with Crippen LogP contribution in [0.3, 0.4) is 0 Å². The van der Waals surface area contributed by atoms with Gasteiger partial charge < -0.3 is 5.32 Å². The molecule has 4 nitrogen and oxygen atoms in total. The first-order chi connectivity index (χ1) is 8.81. The Bertz CT molecular complexity index is 525. The quantitative estimate of drug-likeness (QED) is 0.887. The maximum absolute atomic E-state index is 4.15. The molecule has 18 heavy (non-hydrogen) atoms. The second kappa shape index (κ2) is 5.42. The highest BCUT2D eigenvalue weighted by molar-refractivity contribution is 9.10. The van der Waals surface area contributed by atoms with Gasteiger partial charge in [0, 0.05) is 22.0 Å². The molecule has 0 aliphatic heterocycles. The van der Waals surface area contributed by atoms with Crippen LogP contribution in [-0.4, -0.2) is 21.2 Å². The number of hydrogen-bond acceptors (Lipinski definition) is 4. The fourth-order valence-corrected chi connectivity index (χ4v) is 3.04. The number of nitrogens with zero attached hydrogens (tertiary/aromatic N) is 2. The molecular weight excluding hydrogens is 312 g/mol. The van der Waals surface area contributed by atoms with Crippen molar-refractivity contribution in [2.45, 2.75) is 35.5 Å². The first kappa shape index (κ1) is 12.2. The lowest BCUT2D eigenvalue weighted by Crippen LogP contribution is -2.15. The van der Waals surface area contributed by atoms with Crippen molar-refractivity contribution >= 4 is 27.7 Å². The molecule has 2 aromatic rings. The number of rotatable bonds is 5. The number of benzene rings is 1. The van der Waals surface area contributed by atoms with Gasteiger partial charge in [-0.25, -0.2) is 4.98 Å². The second-order valence-corrected chi connectivity index (χ2v) is 6.25. The molecule has 1 aromatic carbocycles. The van der Waals surface area contributed by atoms with Gasteiger partial charge in [0.2, 0.25) is 0 Å². The summed E-state index contributed by atoms with van der Waals surface area (Å²) < 4.78 is 1.08. The van der Waals surface area contributed by atoms with E-state index in [1.807, 2.05) is 0 Å². The fourth-order valence-electron chi connectivity index (χ4n) is 1.66. The third-order valence-corrected chi connectivity index (χ3v) is 4.27. The van der Waals surface area contributed by atoms with E-state index in [2.05, 4.69) is 54.6 Å². The molecule has 1 fully saturated rings. The molecule has 0 bridgehead atoms. The lowest BCUT2D eigenvalue weighted by atomic mass is 10.2. The molecule has 1 aliphatic carbocycles. The van der Waals surface area contributed by atoms with Gasteiger partial charge in [-0.1, -0.05) is 22.0 Å². The van der Waals surface area contributed by atoms with Crippen molar-refractivity contribution in [3.63, 3.8) is 0 Å². The molecule has 3 rings (SSSR count). The Morgan fingerprint density at radius 1 is 1.44 bits per heavy atom. The molecule has 0 radical (unpaired) electrons. The van der Waals surface area contributed by atoms with Crippen molar-refractivity contribution in [2.24, 2.45) is 0 Å². The van der Waals surface area contributed by atoms with Crippen LogP contribution in [0.5, 0.6) is 0 Å². The zero-order valence-corrected chi connectivity index (χ0v) is 12.1. The van der Waals surface area contributed by atoms with Crippen LogP contribution in [0.1, 0.15) is 18.4 Å². The Labute approximate surface area is 118 Å². The minimum absolute atomic E-state index is 0.719. The van der Waals surface area contributed by atoms with Crippen LogP contribution < -0.4 is 5.32 Å². The molecule has 0 spiro atoms. The Balaban J connectivity index is 1.78. The molecular formula is C12H13BrN4S. The van der Waals surface area contributed by atoms with Gasteiger partial charge >= 0.3 is 0 Å². The summed E-state index contributed by atoms with van der Waals surface area (Å²) in [5.41, 5.74) is 1.30. The normalized spacial score (nSPS) is 14.9. The maximum Gasteiger partial charge on any atom is 0.188 e. The lowest BCUT2D eigenvalue weighted by Gasteiger charge is -2.09. The van der Waals surface area contributed by atoms with E-state index >= 15 is 0 Å². The minimum atomic E-state index is 0.719. The van der Waals surface area contributed by atoms with E-state index in [4.69, 9.17) is 0 Å². The summed E-state index contributed by atoms with van der Waals surface area (Å²) >= 11 is 5.12. The van der Waals surface area contributed by atoms with Gasteiger partial charge in [-0.3, -0.25) is 5.10 Å². The van der Waals surface area contributed by atoms with Gasteiger partial charge in [-0.2, -0.15) is 5.10 Å². The van der Waals surface area contributed by atoms with Gasteiger partial charge in [-0.05, 0) is 42.3 Å². The molecule has 94 valence electrons. The highest BCUT2D eigenvalue weighted by atomic mass is 79.9. The van der Waals surface area contributed by atoms with Crippen LogP contribution in [-0.2, 0) is 6.54 Å². The molecule has 1 aromatic heterocycles. The van der Waals surface area contributed by atoms with Crippen molar-refractivity contribution in [1.29, 1.82) is 0 Å². The third-order valence-electron chi connectivity index (χ3n) is 2.79. The van der Waals surface area contributed by atoms with Crippen molar-refractivity contribution in [2.75, 3.05) is 0 Å². The molecule has 2 N–H and O–H groups in total. The summed E-state index contributed by atoms with van der Waals surface area (Å²) in [5.74, 6) is 0. The van der Waals surface area contributed by atoms with E-state index in [-0.39, 0.29) is 0 Å². The molecule has 0 saturated heterocycles. The van der Waals surface area contributed by atoms with Crippen LogP contribution in [0.2, 0.25) is 0 Å². The van der Waals surface area contributed by atoms with Gasteiger partial charge in [-0.15, -0.1) is 0 Å². The summed E-state index contributed by atoms with van der Waals surface area (Å²) in [6.45, 7) is 0.911. The summed E-state index contributed by atoms with van der Waals surface area (Å²) in [7, 11) is 0. The van der Waals surface area contributed by atoms with Crippen molar-refractivity contribution in [3.05, 3.63) is 34.6 Å². The average molecular weight is 325 g/mol. The van der Waals surface area contributed by atoms with Crippen LogP contribution >= 0.6 is 27.7 Å². The summed E-state index contributed by atoms with van der Waals surface area (Å²) in [6.07, 6.45) is 4.14. The number of nitrogens with one attached hydrogen (secondary N) is 2. The van der Waals surface area contributed by atoms with E-state index in [0.717, 1.165) is 22.2 Å². The monoisotopic (exact) mass is 324 g/mol. The van der Waals surface area contributed by atoms with E-state index in [1.54, 1.807) is 11.8 Å². The van der Waals surface area contributed by atoms with E-state index in [0.29, 0.717) is 0 Å². The van der Waals surface area contributed by atoms with E-state index < -0.39 is 0 Å². The third kappa shape index (κ3) is 3.13. The predicted octanol–water partition coefficient (Wildman–Crippen LogP) is 2.97. The molecule has 0 atom stereocenters. The van der Waals surface area contributed by atoms with Crippen molar-refractivity contribution in [1.82, 2.24) is 20.5 Å². The number of aromatic amines is 1. The Hall–Kier alpha value is -0.850. The Morgan fingerprint density at radius 2 is 2.33 bits per heavy atom. The first-order valence-corrected chi connectivity index (χ1v) is 7.47. The number of halogens is 1. The molecule has 1 saturated carbocycles. The summed E-state index contributed by atoms with van der Waals surface area (Å²) in [5, 5.41) is 11.1. The van der Waals surface area contributed by atoms with Crippen molar-refractivity contribution < 1.29 is 0 Å². The first-order valence-electron chi connectivity index (χ1n) is 5.86. The fraction of sp³-hybridized carbons (Fsp3) is 0.333. The molecule has 0 unspecified atom stereocenters. The SMILES string of the molecule is Brc1ccc(CNC2CC2)c(Sc2ncn[nH]2)c1. The predicted molar refractivity (Wildman–Crippen MR) is 74.5 cm³/mol.